The van der Waals surface area contributed by atoms with Gasteiger partial charge in [-0.3, -0.25) is 10.9 Å². The summed E-state index contributed by atoms with van der Waals surface area (Å²) in [5.41, 5.74) is 8.12. The van der Waals surface area contributed by atoms with E-state index in [2.05, 4.69) is 31.7 Å². The SMILES string of the molecule is CNC(=S)NN=CC(=NNC(=S)NC)c1ccc(C)cc1.[Cu]. The molecule has 0 aliphatic rings. The zero-order valence-corrected chi connectivity index (χ0v) is 15.0. The van der Waals surface area contributed by atoms with Crippen LogP contribution in [0.25, 0.3) is 0 Å². The zero-order valence-electron chi connectivity index (χ0n) is 12.4. The molecule has 1 radical (unpaired) electrons. The van der Waals surface area contributed by atoms with Crippen LogP contribution in [0.4, 0.5) is 0 Å². The zero-order chi connectivity index (χ0) is 15.7. The van der Waals surface area contributed by atoms with Crippen LogP contribution in [0.2, 0.25) is 0 Å². The maximum Gasteiger partial charge on any atom is 0.186 e. The molecular formula is C13H18CuN6S2. The van der Waals surface area contributed by atoms with Gasteiger partial charge in [-0.2, -0.15) is 10.2 Å². The summed E-state index contributed by atoms with van der Waals surface area (Å²) in [6, 6.07) is 7.92. The van der Waals surface area contributed by atoms with Gasteiger partial charge in [0, 0.05) is 36.7 Å². The predicted molar refractivity (Wildman–Crippen MR) is 95.8 cm³/mol. The van der Waals surface area contributed by atoms with E-state index < -0.39 is 0 Å². The Labute approximate surface area is 151 Å². The van der Waals surface area contributed by atoms with Gasteiger partial charge in [0.1, 0.15) is 5.71 Å². The van der Waals surface area contributed by atoms with Gasteiger partial charge >= 0.3 is 0 Å². The van der Waals surface area contributed by atoms with Gasteiger partial charge in [-0.05, 0) is 31.4 Å². The quantitative estimate of drug-likeness (QED) is 0.267. The molecule has 1 aromatic rings. The normalized spacial score (nSPS) is 10.6. The topological polar surface area (TPSA) is 72.8 Å². The average molecular weight is 386 g/mol. The van der Waals surface area contributed by atoms with Gasteiger partial charge in [-0.15, -0.1) is 0 Å². The molecule has 22 heavy (non-hydrogen) atoms. The molecule has 0 aromatic heterocycles. The average Bonchev–Trinajstić information content (AvgIpc) is 2.50. The molecule has 1 aromatic carbocycles. The molecule has 0 aliphatic heterocycles. The second kappa shape index (κ2) is 11.1. The van der Waals surface area contributed by atoms with Crippen molar-refractivity contribution in [3.63, 3.8) is 0 Å². The largest absolute Gasteiger partial charge is 0.364 e. The molecule has 0 heterocycles. The van der Waals surface area contributed by atoms with Gasteiger partial charge in [-0.25, -0.2) is 0 Å². The Kier molecular flexibility index (Phi) is 10.3. The number of rotatable bonds is 4. The standard InChI is InChI=1S/C13H18N6S2.Cu/c1-9-4-6-10(7-5-9)11(17-19-13(21)15-3)8-16-18-12(20)14-2;/h4-8H,1-3H3,(H2,14,18,20)(H2,15,19,21);. The summed E-state index contributed by atoms with van der Waals surface area (Å²) >= 11 is 9.94. The smallest absolute Gasteiger partial charge is 0.186 e. The number of hydrogen-bond acceptors (Lipinski definition) is 4. The van der Waals surface area contributed by atoms with E-state index in [0.29, 0.717) is 15.9 Å². The van der Waals surface area contributed by atoms with Crippen molar-refractivity contribution in [1.82, 2.24) is 21.5 Å². The van der Waals surface area contributed by atoms with E-state index in [1.54, 1.807) is 20.3 Å². The molecule has 0 aliphatic carbocycles. The molecule has 0 bridgehead atoms. The van der Waals surface area contributed by atoms with Gasteiger partial charge in [0.05, 0.1) is 6.21 Å². The third-order valence-electron chi connectivity index (χ3n) is 2.43. The molecule has 1 rings (SSSR count). The van der Waals surface area contributed by atoms with Crippen molar-refractivity contribution in [3.05, 3.63) is 35.4 Å². The molecule has 6 nitrogen and oxygen atoms in total. The van der Waals surface area contributed by atoms with Crippen molar-refractivity contribution in [3.8, 4) is 0 Å². The fourth-order valence-electron chi connectivity index (χ4n) is 1.27. The summed E-state index contributed by atoms with van der Waals surface area (Å²) in [6.45, 7) is 2.02. The molecule has 123 valence electrons. The first kappa shape index (κ1) is 20.5. The Balaban J connectivity index is 0.00000441. The molecule has 0 saturated heterocycles. The first-order chi connectivity index (χ1) is 10.1. The van der Waals surface area contributed by atoms with Crippen molar-refractivity contribution in [2.24, 2.45) is 10.2 Å². The summed E-state index contributed by atoms with van der Waals surface area (Å²) in [4.78, 5) is 0. The molecule has 0 unspecified atom stereocenters. The first-order valence-electron chi connectivity index (χ1n) is 6.20. The van der Waals surface area contributed by atoms with Crippen molar-refractivity contribution in [1.29, 1.82) is 0 Å². The van der Waals surface area contributed by atoms with Crippen LogP contribution in [0.3, 0.4) is 0 Å². The number of hydrogen-bond donors (Lipinski definition) is 4. The Morgan fingerprint density at radius 1 is 1.00 bits per heavy atom. The summed E-state index contributed by atoms with van der Waals surface area (Å²) in [5, 5.41) is 14.7. The maximum absolute atomic E-state index is 5.00. The van der Waals surface area contributed by atoms with Crippen LogP contribution in [-0.4, -0.2) is 36.2 Å². The number of aryl methyl sites for hydroxylation is 1. The van der Waals surface area contributed by atoms with Crippen molar-refractivity contribution in [2.75, 3.05) is 14.1 Å². The van der Waals surface area contributed by atoms with E-state index in [4.69, 9.17) is 24.4 Å². The Bertz CT molecular complexity index is 556. The molecule has 4 N–H and O–H groups in total. The monoisotopic (exact) mass is 385 g/mol. The molecule has 0 saturated carbocycles. The van der Waals surface area contributed by atoms with Crippen molar-refractivity contribution < 1.29 is 17.1 Å². The number of thiocarbonyl (C=S) groups is 2. The molecule has 0 amide bonds. The van der Waals surface area contributed by atoms with Gasteiger partial charge < -0.3 is 10.6 Å². The molecule has 9 heteroatoms. The minimum absolute atomic E-state index is 0. The third-order valence-corrected chi connectivity index (χ3v) is 3.02. The Hall–Kier alpha value is -1.54. The number of benzene rings is 1. The fraction of sp³-hybridized carbons (Fsp3) is 0.231. The predicted octanol–water partition coefficient (Wildman–Crippen LogP) is 0.870. The van der Waals surface area contributed by atoms with Crippen LogP contribution in [-0.2, 0) is 17.1 Å². The van der Waals surface area contributed by atoms with Crippen LogP contribution in [0.15, 0.2) is 34.5 Å². The van der Waals surface area contributed by atoms with Crippen LogP contribution in [0.5, 0.6) is 0 Å². The van der Waals surface area contributed by atoms with Crippen molar-refractivity contribution >= 4 is 46.6 Å². The maximum atomic E-state index is 5.00. The van der Waals surface area contributed by atoms with E-state index in [-0.39, 0.29) is 17.1 Å². The van der Waals surface area contributed by atoms with E-state index in [1.807, 2.05) is 31.2 Å². The molecule has 0 spiro atoms. The summed E-state index contributed by atoms with van der Waals surface area (Å²) in [5.74, 6) is 0. The van der Waals surface area contributed by atoms with Gasteiger partial charge in [0.2, 0.25) is 0 Å². The number of nitrogens with one attached hydrogen (secondary N) is 4. The minimum atomic E-state index is 0. The van der Waals surface area contributed by atoms with Crippen molar-refractivity contribution in [2.45, 2.75) is 6.92 Å². The van der Waals surface area contributed by atoms with E-state index in [9.17, 15) is 0 Å². The van der Waals surface area contributed by atoms with Crippen LogP contribution >= 0.6 is 24.4 Å². The summed E-state index contributed by atoms with van der Waals surface area (Å²) in [6.07, 6.45) is 1.57. The summed E-state index contributed by atoms with van der Waals surface area (Å²) in [7, 11) is 3.43. The van der Waals surface area contributed by atoms with Crippen LogP contribution in [0, 0.1) is 6.92 Å². The summed E-state index contributed by atoms with van der Waals surface area (Å²) < 4.78 is 0. The third kappa shape index (κ3) is 7.46. The Morgan fingerprint density at radius 3 is 2.09 bits per heavy atom. The molecular weight excluding hydrogens is 368 g/mol. The number of hydrazone groups is 2. The first-order valence-corrected chi connectivity index (χ1v) is 7.01. The molecule has 0 atom stereocenters. The van der Waals surface area contributed by atoms with Crippen LogP contribution < -0.4 is 21.5 Å². The van der Waals surface area contributed by atoms with Gasteiger partial charge in [0.25, 0.3) is 0 Å². The fourth-order valence-corrected chi connectivity index (χ4v) is 1.37. The van der Waals surface area contributed by atoms with E-state index in [0.717, 1.165) is 5.56 Å². The molecule has 0 fully saturated rings. The second-order valence-electron chi connectivity index (χ2n) is 4.00. The van der Waals surface area contributed by atoms with E-state index in [1.165, 1.54) is 5.56 Å². The van der Waals surface area contributed by atoms with E-state index >= 15 is 0 Å². The minimum Gasteiger partial charge on any atom is -0.364 e. The second-order valence-corrected chi connectivity index (χ2v) is 4.82. The number of nitrogens with zero attached hydrogens (tertiary/aromatic N) is 2. The Morgan fingerprint density at radius 2 is 1.55 bits per heavy atom. The van der Waals surface area contributed by atoms with Gasteiger partial charge in [0.15, 0.2) is 10.2 Å². The van der Waals surface area contributed by atoms with Crippen LogP contribution in [0.1, 0.15) is 11.1 Å². The van der Waals surface area contributed by atoms with Gasteiger partial charge in [-0.1, -0.05) is 29.8 Å².